The van der Waals surface area contributed by atoms with Gasteiger partial charge in [0.1, 0.15) is 4.99 Å². The summed E-state index contributed by atoms with van der Waals surface area (Å²) in [6, 6.07) is 1.83. The molecule has 0 aliphatic carbocycles. The number of rotatable bonds is 3. The van der Waals surface area contributed by atoms with Crippen LogP contribution in [0.3, 0.4) is 0 Å². The van der Waals surface area contributed by atoms with Crippen molar-refractivity contribution in [2.45, 2.75) is 31.9 Å². The molecule has 0 bridgehead atoms. The van der Waals surface area contributed by atoms with E-state index in [1.165, 1.54) is 0 Å². The summed E-state index contributed by atoms with van der Waals surface area (Å²) in [7, 11) is 0. The van der Waals surface area contributed by atoms with E-state index in [2.05, 4.69) is 24.1 Å². The molecule has 1 saturated heterocycles. The lowest BCUT2D eigenvalue weighted by atomic mass is 9.94. The van der Waals surface area contributed by atoms with E-state index >= 15 is 0 Å². The van der Waals surface area contributed by atoms with E-state index in [9.17, 15) is 0 Å². The van der Waals surface area contributed by atoms with Gasteiger partial charge in [0.25, 0.3) is 0 Å². The van der Waals surface area contributed by atoms with Crippen molar-refractivity contribution in [3.05, 3.63) is 24.0 Å². The van der Waals surface area contributed by atoms with Crippen molar-refractivity contribution >= 4 is 22.9 Å². The van der Waals surface area contributed by atoms with Crippen molar-refractivity contribution in [2.75, 3.05) is 11.9 Å². The summed E-state index contributed by atoms with van der Waals surface area (Å²) in [5.41, 5.74) is 7.31. The highest BCUT2D eigenvalue weighted by atomic mass is 32.1. The van der Waals surface area contributed by atoms with Crippen LogP contribution in [0, 0.1) is 0 Å². The van der Waals surface area contributed by atoms with E-state index in [0.29, 0.717) is 4.99 Å². The molecule has 1 aliphatic rings. The second-order valence-electron chi connectivity index (χ2n) is 4.59. The van der Waals surface area contributed by atoms with Crippen LogP contribution in [-0.2, 0) is 4.74 Å². The summed E-state index contributed by atoms with van der Waals surface area (Å²) in [6.07, 6.45) is 4.56. The quantitative estimate of drug-likeness (QED) is 0.801. The summed E-state index contributed by atoms with van der Waals surface area (Å²) in [5, 5.41) is 3.46. The highest BCUT2D eigenvalue weighted by molar-refractivity contribution is 7.80. The van der Waals surface area contributed by atoms with Crippen LogP contribution < -0.4 is 11.1 Å². The molecule has 1 aromatic rings. The van der Waals surface area contributed by atoms with Crippen LogP contribution >= 0.6 is 12.2 Å². The van der Waals surface area contributed by atoms with Gasteiger partial charge in [-0.1, -0.05) is 12.2 Å². The zero-order valence-corrected chi connectivity index (χ0v) is 10.9. The molecule has 0 amide bonds. The number of aromatic nitrogens is 1. The predicted molar refractivity (Wildman–Crippen MR) is 72.2 cm³/mol. The number of thiocarbonyl (C=S) groups is 1. The number of hydrogen-bond donors (Lipinski definition) is 2. The average molecular weight is 251 g/mol. The summed E-state index contributed by atoms with van der Waals surface area (Å²) < 4.78 is 5.59. The van der Waals surface area contributed by atoms with Crippen molar-refractivity contribution < 1.29 is 4.74 Å². The lowest BCUT2D eigenvalue weighted by molar-refractivity contribution is 0.105. The SMILES string of the molecule is CC1OCCC1(C)Nc1cnccc1C(N)=S. The van der Waals surface area contributed by atoms with Crippen LogP contribution in [0.2, 0.25) is 0 Å². The van der Waals surface area contributed by atoms with Crippen LogP contribution in [-0.4, -0.2) is 28.2 Å². The maximum Gasteiger partial charge on any atom is 0.106 e. The summed E-state index contributed by atoms with van der Waals surface area (Å²) >= 11 is 5.04. The van der Waals surface area contributed by atoms with Crippen LogP contribution in [0.1, 0.15) is 25.8 Å². The lowest BCUT2D eigenvalue weighted by Gasteiger charge is -2.30. The Labute approximate surface area is 107 Å². The Balaban J connectivity index is 2.27. The van der Waals surface area contributed by atoms with Gasteiger partial charge in [0.15, 0.2) is 0 Å². The van der Waals surface area contributed by atoms with E-state index in [4.69, 9.17) is 22.7 Å². The molecule has 0 spiro atoms. The van der Waals surface area contributed by atoms with Gasteiger partial charge in [0, 0.05) is 18.4 Å². The topological polar surface area (TPSA) is 60.2 Å². The molecule has 2 unspecified atom stereocenters. The molecule has 4 nitrogen and oxygen atoms in total. The summed E-state index contributed by atoms with van der Waals surface area (Å²) in [4.78, 5) is 4.49. The van der Waals surface area contributed by atoms with Crippen molar-refractivity contribution in [3.8, 4) is 0 Å². The maximum absolute atomic E-state index is 5.70. The molecule has 5 heteroatoms. The third-order valence-electron chi connectivity index (χ3n) is 3.39. The number of nitrogens with one attached hydrogen (secondary N) is 1. The molecule has 2 rings (SSSR count). The Bertz CT molecular complexity index is 438. The second-order valence-corrected chi connectivity index (χ2v) is 5.03. The van der Waals surface area contributed by atoms with Crippen LogP contribution in [0.4, 0.5) is 5.69 Å². The minimum Gasteiger partial charge on any atom is -0.389 e. The first-order valence-electron chi connectivity index (χ1n) is 5.66. The second kappa shape index (κ2) is 4.58. The third kappa shape index (κ3) is 2.40. The van der Waals surface area contributed by atoms with E-state index in [1.54, 1.807) is 12.4 Å². The fourth-order valence-electron chi connectivity index (χ4n) is 2.02. The monoisotopic (exact) mass is 251 g/mol. The summed E-state index contributed by atoms with van der Waals surface area (Å²) in [6.45, 7) is 4.98. The number of hydrogen-bond acceptors (Lipinski definition) is 4. The van der Waals surface area contributed by atoms with Gasteiger partial charge in [-0.05, 0) is 26.3 Å². The minimum atomic E-state index is -0.0947. The third-order valence-corrected chi connectivity index (χ3v) is 3.61. The molecule has 3 N–H and O–H groups in total. The van der Waals surface area contributed by atoms with Gasteiger partial charge in [-0.2, -0.15) is 0 Å². The molecular weight excluding hydrogens is 234 g/mol. The Morgan fingerprint density at radius 1 is 1.71 bits per heavy atom. The molecule has 17 heavy (non-hydrogen) atoms. The first kappa shape index (κ1) is 12.3. The number of anilines is 1. The van der Waals surface area contributed by atoms with Gasteiger partial charge in [-0.25, -0.2) is 0 Å². The molecule has 2 heterocycles. The Morgan fingerprint density at radius 2 is 2.47 bits per heavy atom. The van der Waals surface area contributed by atoms with E-state index in [1.807, 2.05) is 6.07 Å². The molecule has 2 atom stereocenters. The average Bonchev–Trinajstić information content (AvgIpc) is 2.59. The first-order valence-corrected chi connectivity index (χ1v) is 6.07. The number of nitrogens with zero attached hydrogens (tertiary/aromatic N) is 1. The van der Waals surface area contributed by atoms with Crippen molar-refractivity contribution in [1.29, 1.82) is 0 Å². The van der Waals surface area contributed by atoms with Gasteiger partial charge in [0.2, 0.25) is 0 Å². The van der Waals surface area contributed by atoms with Gasteiger partial charge < -0.3 is 15.8 Å². The Hall–Kier alpha value is -1.20. The smallest absolute Gasteiger partial charge is 0.106 e. The van der Waals surface area contributed by atoms with Crippen molar-refractivity contribution in [2.24, 2.45) is 5.73 Å². The van der Waals surface area contributed by atoms with E-state index in [0.717, 1.165) is 24.3 Å². The first-order chi connectivity index (χ1) is 8.03. The highest BCUT2D eigenvalue weighted by Crippen LogP contribution is 2.30. The molecule has 0 radical (unpaired) electrons. The highest BCUT2D eigenvalue weighted by Gasteiger charge is 2.37. The van der Waals surface area contributed by atoms with Crippen LogP contribution in [0.25, 0.3) is 0 Å². The Morgan fingerprint density at radius 3 is 3.06 bits per heavy atom. The fraction of sp³-hybridized carbons (Fsp3) is 0.500. The molecule has 0 aromatic carbocycles. The van der Waals surface area contributed by atoms with Crippen LogP contribution in [0.15, 0.2) is 18.5 Å². The number of nitrogens with two attached hydrogens (primary N) is 1. The molecule has 1 aromatic heterocycles. The summed E-state index contributed by atoms with van der Waals surface area (Å²) in [5.74, 6) is 0. The van der Waals surface area contributed by atoms with Gasteiger partial charge >= 0.3 is 0 Å². The lowest BCUT2D eigenvalue weighted by Crippen LogP contribution is -2.41. The minimum absolute atomic E-state index is 0.0947. The predicted octanol–water partition coefficient (Wildman–Crippen LogP) is 1.70. The number of pyridine rings is 1. The normalized spacial score (nSPS) is 28.0. The van der Waals surface area contributed by atoms with E-state index in [-0.39, 0.29) is 11.6 Å². The van der Waals surface area contributed by atoms with Crippen molar-refractivity contribution in [3.63, 3.8) is 0 Å². The van der Waals surface area contributed by atoms with E-state index < -0.39 is 0 Å². The molecule has 1 aliphatic heterocycles. The van der Waals surface area contributed by atoms with Crippen molar-refractivity contribution in [1.82, 2.24) is 4.98 Å². The van der Waals surface area contributed by atoms with Gasteiger partial charge in [-0.3, -0.25) is 4.98 Å². The van der Waals surface area contributed by atoms with Gasteiger partial charge in [-0.15, -0.1) is 0 Å². The van der Waals surface area contributed by atoms with Gasteiger partial charge in [0.05, 0.1) is 23.5 Å². The van der Waals surface area contributed by atoms with Crippen LogP contribution in [0.5, 0.6) is 0 Å². The molecule has 1 fully saturated rings. The molecule has 92 valence electrons. The molecular formula is C12H17N3OS. The Kier molecular flexibility index (Phi) is 3.31. The fourth-order valence-corrected chi connectivity index (χ4v) is 2.19. The maximum atomic E-state index is 5.70. The molecule has 0 saturated carbocycles. The largest absolute Gasteiger partial charge is 0.389 e. The standard InChI is InChI=1S/C12H17N3OS/c1-8-12(2,4-6-16-8)15-10-7-14-5-3-9(10)11(13)17/h3,5,7-8,15H,4,6H2,1-2H3,(H2,13,17). The zero-order chi connectivity index (χ0) is 12.5. The zero-order valence-electron chi connectivity index (χ0n) is 10.1. The number of ether oxygens (including phenoxy) is 1.